The van der Waals surface area contributed by atoms with Crippen LogP contribution in [0, 0.1) is 0 Å². The van der Waals surface area contributed by atoms with Crippen molar-refractivity contribution in [1.82, 2.24) is 0 Å². The van der Waals surface area contributed by atoms with Crippen LogP contribution in [0.4, 0.5) is 68.5 Å². The van der Waals surface area contributed by atoms with E-state index in [0.29, 0.717) is 0 Å². The smallest absolute Gasteiger partial charge is 0.428 e. The summed E-state index contributed by atoms with van der Waals surface area (Å²) < 4.78 is 171. The molecular formula is C12H7F13N2O. The molecule has 1 rings (SSSR count). The first-order valence-corrected chi connectivity index (χ1v) is 6.42. The number of ether oxygens (including phenoxy) is 1. The van der Waals surface area contributed by atoms with E-state index in [0.717, 1.165) is 6.07 Å². The Bertz CT molecular complexity index is 708. The van der Waals surface area contributed by atoms with Crippen molar-refractivity contribution in [1.29, 1.82) is 0 Å². The highest BCUT2D eigenvalue weighted by molar-refractivity contribution is 5.56. The second kappa shape index (κ2) is 6.37. The zero-order chi connectivity index (χ0) is 22.6. The molecule has 1 aromatic carbocycles. The Labute approximate surface area is 146 Å². The van der Waals surface area contributed by atoms with Crippen LogP contribution in [0.1, 0.15) is 0 Å². The lowest BCUT2D eigenvalue weighted by Crippen LogP contribution is -2.70. The predicted molar refractivity (Wildman–Crippen MR) is 66.7 cm³/mol. The monoisotopic (exact) mass is 442 g/mol. The van der Waals surface area contributed by atoms with Crippen LogP contribution in [-0.2, 0) is 0 Å². The van der Waals surface area contributed by atoms with Crippen molar-refractivity contribution in [3.05, 3.63) is 18.2 Å². The van der Waals surface area contributed by atoms with Gasteiger partial charge in [0.05, 0.1) is 0 Å². The van der Waals surface area contributed by atoms with Crippen molar-refractivity contribution >= 4 is 11.4 Å². The van der Waals surface area contributed by atoms with E-state index in [9.17, 15) is 57.1 Å². The molecule has 28 heavy (non-hydrogen) atoms. The van der Waals surface area contributed by atoms with Gasteiger partial charge in [0.1, 0.15) is 5.75 Å². The summed E-state index contributed by atoms with van der Waals surface area (Å²) in [7, 11) is 0. The summed E-state index contributed by atoms with van der Waals surface area (Å²) in [6.07, 6.45) is -14.2. The zero-order valence-electron chi connectivity index (χ0n) is 12.7. The van der Waals surface area contributed by atoms with Crippen molar-refractivity contribution in [2.24, 2.45) is 0 Å². The van der Waals surface area contributed by atoms with Crippen molar-refractivity contribution in [3.63, 3.8) is 0 Å². The molecule has 3 nitrogen and oxygen atoms in total. The molecule has 16 heteroatoms. The van der Waals surface area contributed by atoms with E-state index in [-0.39, 0.29) is 12.1 Å². The molecule has 0 aliphatic rings. The maximum Gasteiger partial charge on any atom is 0.471 e. The molecule has 4 N–H and O–H groups in total. The number of halogens is 13. The standard InChI is InChI=1S/C12H7F13N2O/c13-7(14,9(17,18)11(21,22)23)8(15,16)10(19,20)12(24,25)28-6-2-4(26)1-5(27)3-6/h1-3H,26-27H2. The van der Waals surface area contributed by atoms with Crippen LogP contribution >= 0.6 is 0 Å². The van der Waals surface area contributed by atoms with Gasteiger partial charge in [-0.2, -0.15) is 57.1 Å². The van der Waals surface area contributed by atoms with E-state index in [4.69, 9.17) is 11.5 Å². The first kappa shape index (κ1) is 23.7. The largest absolute Gasteiger partial charge is 0.471 e. The number of anilines is 2. The van der Waals surface area contributed by atoms with E-state index in [1.165, 1.54) is 0 Å². The maximum atomic E-state index is 13.5. The first-order valence-electron chi connectivity index (χ1n) is 6.42. The fourth-order valence-corrected chi connectivity index (χ4v) is 1.67. The van der Waals surface area contributed by atoms with Crippen LogP contribution in [0.15, 0.2) is 18.2 Å². The number of hydrogen-bond donors (Lipinski definition) is 2. The van der Waals surface area contributed by atoms with Crippen LogP contribution in [0.3, 0.4) is 0 Å². The number of nitrogen functional groups attached to an aromatic ring is 2. The molecule has 0 unspecified atom stereocenters. The number of nitrogens with two attached hydrogens (primary N) is 2. The van der Waals surface area contributed by atoms with Crippen LogP contribution in [-0.4, -0.2) is 36.0 Å². The second-order valence-electron chi connectivity index (χ2n) is 5.25. The fourth-order valence-electron chi connectivity index (χ4n) is 1.67. The highest BCUT2D eigenvalue weighted by atomic mass is 19.4. The molecule has 0 aliphatic carbocycles. The Balaban J connectivity index is 3.44. The van der Waals surface area contributed by atoms with E-state index in [2.05, 4.69) is 4.74 Å². The summed E-state index contributed by atoms with van der Waals surface area (Å²) in [4.78, 5) is 0. The fraction of sp³-hybridized carbons (Fsp3) is 0.500. The Morgan fingerprint density at radius 3 is 1.25 bits per heavy atom. The molecule has 0 fully saturated rings. The van der Waals surface area contributed by atoms with Gasteiger partial charge in [0, 0.05) is 23.5 Å². The minimum Gasteiger partial charge on any atom is -0.428 e. The number of benzene rings is 1. The molecule has 0 aromatic heterocycles. The molecule has 0 saturated heterocycles. The summed E-state index contributed by atoms with van der Waals surface area (Å²) in [5.74, 6) is -32.8. The van der Waals surface area contributed by atoms with Crippen molar-refractivity contribution in [2.45, 2.75) is 36.0 Å². The molecular weight excluding hydrogens is 435 g/mol. The average molecular weight is 442 g/mol. The summed E-state index contributed by atoms with van der Waals surface area (Å²) in [5.41, 5.74) is 9.00. The Morgan fingerprint density at radius 2 is 0.893 bits per heavy atom. The number of alkyl halides is 13. The molecule has 0 aliphatic heterocycles. The van der Waals surface area contributed by atoms with Crippen LogP contribution in [0.2, 0.25) is 0 Å². The molecule has 0 atom stereocenters. The third kappa shape index (κ3) is 3.43. The van der Waals surface area contributed by atoms with Gasteiger partial charge in [0.15, 0.2) is 0 Å². The minimum atomic E-state index is -8.00. The summed E-state index contributed by atoms with van der Waals surface area (Å²) in [6, 6.07) is 1.39. The van der Waals surface area contributed by atoms with Crippen LogP contribution in [0.25, 0.3) is 0 Å². The zero-order valence-corrected chi connectivity index (χ0v) is 12.7. The van der Waals surface area contributed by atoms with Gasteiger partial charge >= 0.3 is 36.0 Å². The molecule has 0 radical (unpaired) electrons. The lowest BCUT2D eigenvalue weighted by Gasteiger charge is -2.39. The number of hydrogen-bond acceptors (Lipinski definition) is 3. The molecule has 0 heterocycles. The molecule has 0 bridgehead atoms. The Hall–Kier alpha value is -2.29. The lowest BCUT2D eigenvalue weighted by atomic mass is 9.97. The van der Waals surface area contributed by atoms with Gasteiger partial charge in [-0.3, -0.25) is 0 Å². The van der Waals surface area contributed by atoms with Crippen LogP contribution in [0.5, 0.6) is 5.75 Å². The van der Waals surface area contributed by atoms with E-state index < -0.39 is 53.1 Å². The SMILES string of the molecule is Nc1cc(N)cc(OC(F)(F)C(F)(F)C(F)(F)C(F)(F)C(F)(F)C(F)(F)F)c1. The van der Waals surface area contributed by atoms with E-state index in [1.54, 1.807) is 0 Å². The molecule has 1 aromatic rings. The maximum absolute atomic E-state index is 13.5. The van der Waals surface area contributed by atoms with Crippen molar-refractivity contribution in [2.75, 3.05) is 11.5 Å². The Kier molecular flexibility index (Phi) is 5.40. The average Bonchev–Trinajstić information content (AvgIpc) is 2.43. The van der Waals surface area contributed by atoms with Gasteiger partial charge in [0.25, 0.3) is 0 Å². The molecule has 0 spiro atoms. The normalized spacial score (nSPS) is 14.9. The minimum absolute atomic E-state index is 0.279. The quantitative estimate of drug-likeness (QED) is 0.486. The van der Waals surface area contributed by atoms with Crippen molar-refractivity contribution < 1.29 is 61.8 Å². The summed E-state index contributed by atoms with van der Waals surface area (Å²) in [5, 5.41) is 0. The summed E-state index contributed by atoms with van der Waals surface area (Å²) in [6.45, 7) is 0. The van der Waals surface area contributed by atoms with Crippen molar-refractivity contribution in [3.8, 4) is 5.75 Å². The van der Waals surface area contributed by atoms with Gasteiger partial charge in [-0.25, -0.2) is 0 Å². The van der Waals surface area contributed by atoms with Crippen LogP contribution < -0.4 is 16.2 Å². The molecule has 0 saturated carbocycles. The molecule has 0 amide bonds. The van der Waals surface area contributed by atoms with E-state index >= 15 is 0 Å². The summed E-state index contributed by atoms with van der Waals surface area (Å²) >= 11 is 0. The van der Waals surface area contributed by atoms with E-state index in [1.807, 2.05) is 0 Å². The first-order chi connectivity index (χ1) is 12.1. The third-order valence-corrected chi connectivity index (χ3v) is 3.10. The third-order valence-electron chi connectivity index (χ3n) is 3.10. The molecule has 162 valence electrons. The van der Waals surface area contributed by atoms with Gasteiger partial charge < -0.3 is 16.2 Å². The topological polar surface area (TPSA) is 61.3 Å². The van der Waals surface area contributed by atoms with Gasteiger partial charge in [-0.05, 0) is 6.07 Å². The highest BCUT2D eigenvalue weighted by Gasteiger charge is 2.91. The lowest BCUT2D eigenvalue weighted by molar-refractivity contribution is -0.456. The van der Waals surface area contributed by atoms with Gasteiger partial charge in [0.2, 0.25) is 0 Å². The van der Waals surface area contributed by atoms with Gasteiger partial charge in [-0.15, -0.1) is 0 Å². The number of rotatable bonds is 6. The highest BCUT2D eigenvalue weighted by Crippen LogP contribution is 2.60. The second-order valence-corrected chi connectivity index (χ2v) is 5.25. The Morgan fingerprint density at radius 1 is 0.536 bits per heavy atom. The predicted octanol–water partition coefficient (Wildman–Crippen LogP) is 4.93. The van der Waals surface area contributed by atoms with Gasteiger partial charge in [-0.1, -0.05) is 0 Å².